The number of nitrogens with zero attached hydrogens (tertiary/aromatic N) is 7. The van der Waals surface area contributed by atoms with Crippen molar-refractivity contribution < 1.29 is 0 Å². The van der Waals surface area contributed by atoms with Gasteiger partial charge in [-0.05, 0) is 49.2 Å². The van der Waals surface area contributed by atoms with E-state index in [9.17, 15) is 0 Å². The number of hydrogen-bond acceptors (Lipinski definition) is 8. The second kappa shape index (κ2) is 9.40. The third kappa shape index (κ3) is 4.35. The van der Waals surface area contributed by atoms with Crippen LogP contribution in [0.1, 0.15) is 32.4 Å². The van der Waals surface area contributed by atoms with Crippen LogP contribution in [0.3, 0.4) is 0 Å². The number of aryl methyl sites for hydroxylation is 1. The highest BCUT2D eigenvalue weighted by Gasteiger charge is 2.21. The third-order valence-corrected chi connectivity index (χ3v) is 7.02. The Morgan fingerprint density at radius 3 is 2.73 bits per heavy atom. The van der Waals surface area contributed by atoms with Crippen molar-refractivity contribution in [1.29, 1.82) is 0 Å². The average Bonchev–Trinajstić information content (AvgIpc) is 3.24. The summed E-state index contributed by atoms with van der Waals surface area (Å²) < 4.78 is 1.98. The molecule has 188 valence electrons. The van der Waals surface area contributed by atoms with Crippen molar-refractivity contribution in [1.82, 2.24) is 35.0 Å². The van der Waals surface area contributed by atoms with Gasteiger partial charge < -0.3 is 15.5 Å². The highest BCUT2D eigenvalue weighted by molar-refractivity contribution is 5.92. The summed E-state index contributed by atoms with van der Waals surface area (Å²) in [6.45, 7) is 9.43. The molecule has 0 saturated carbocycles. The van der Waals surface area contributed by atoms with E-state index in [1.807, 2.05) is 29.9 Å². The number of nitrogens with one attached hydrogen (secondary N) is 2. The Balaban J connectivity index is 1.30. The number of piperazine rings is 1. The fourth-order valence-corrected chi connectivity index (χ4v) is 5.28. The first kappa shape index (κ1) is 23.3. The maximum atomic E-state index is 4.81. The van der Waals surface area contributed by atoms with E-state index in [1.165, 1.54) is 5.69 Å². The van der Waals surface area contributed by atoms with Crippen LogP contribution in [-0.2, 0) is 7.05 Å². The van der Waals surface area contributed by atoms with Crippen molar-refractivity contribution in [2.24, 2.45) is 7.05 Å². The van der Waals surface area contributed by atoms with Gasteiger partial charge in [-0.2, -0.15) is 5.10 Å². The molecule has 9 nitrogen and oxygen atoms in total. The monoisotopic (exact) mass is 493 g/mol. The Labute approximate surface area is 216 Å². The van der Waals surface area contributed by atoms with Crippen LogP contribution >= 0.6 is 0 Å². The number of benzene rings is 2. The summed E-state index contributed by atoms with van der Waals surface area (Å²) in [5, 5.41) is 13.7. The molecule has 3 aromatic heterocycles. The summed E-state index contributed by atoms with van der Waals surface area (Å²) in [5.41, 5.74) is 5.88. The van der Waals surface area contributed by atoms with E-state index < -0.39 is 0 Å². The van der Waals surface area contributed by atoms with Crippen LogP contribution in [-0.4, -0.2) is 55.4 Å². The topological polar surface area (TPSA) is 96.7 Å². The lowest BCUT2D eigenvalue weighted by Crippen LogP contribution is -2.50. The molecule has 0 unspecified atom stereocenters. The van der Waals surface area contributed by atoms with Crippen molar-refractivity contribution in [2.45, 2.75) is 32.7 Å². The lowest BCUT2D eigenvalue weighted by Gasteiger charge is -2.35. The van der Waals surface area contributed by atoms with E-state index in [4.69, 9.17) is 4.98 Å². The fraction of sp³-hybridized carbons (Fsp3) is 0.321. The molecule has 0 aliphatic carbocycles. The molecule has 0 radical (unpaired) electrons. The SMILES string of the molecule is CC(C)c1c2cc(-c3ccnc(Nc4ccc5c(N6CCNC[C@@H]6C)ncnc5c4)n3)ccc2nn1C. The second-order valence-electron chi connectivity index (χ2n) is 9.96. The molecular weight excluding hydrogens is 462 g/mol. The van der Waals surface area contributed by atoms with Crippen LogP contribution in [0.4, 0.5) is 17.5 Å². The van der Waals surface area contributed by atoms with Gasteiger partial charge >= 0.3 is 0 Å². The average molecular weight is 494 g/mol. The van der Waals surface area contributed by atoms with E-state index in [1.54, 1.807) is 12.5 Å². The van der Waals surface area contributed by atoms with Gasteiger partial charge in [-0.15, -0.1) is 0 Å². The quantitative estimate of drug-likeness (QED) is 0.366. The standard InChI is InChI=1S/C28H31N9/c1-17(2)26-22-13-19(5-8-24(22)35-36(26)4)23-9-10-30-28(34-23)33-20-6-7-21-25(14-20)31-16-32-27(21)37-12-11-29-15-18(37)3/h5-10,13-14,16-18,29H,11-12,15H2,1-4H3,(H,30,33,34)/t18-/m0/s1. The van der Waals surface area contributed by atoms with Crippen molar-refractivity contribution in [3.63, 3.8) is 0 Å². The van der Waals surface area contributed by atoms with Crippen LogP contribution in [0.15, 0.2) is 55.0 Å². The van der Waals surface area contributed by atoms with Crippen LogP contribution in [0, 0.1) is 0 Å². The predicted molar refractivity (Wildman–Crippen MR) is 148 cm³/mol. The normalized spacial score (nSPS) is 16.1. The zero-order valence-corrected chi connectivity index (χ0v) is 21.6. The molecule has 1 fully saturated rings. The minimum Gasteiger partial charge on any atom is -0.351 e. The van der Waals surface area contributed by atoms with Crippen molar-refractivity contribution in [3.05, 3.63) is 60.7 Å². The molecule has 0 bridgehead atoms. The highest BCUT2D eigenvalue weighted by atomic mass is 15.3. The molecule has 0 spiro atoms. The van der Waals surface area contributed by atoms with Gasteiger partial charge in [-0.1, -0.05) is 19.9 Å². The Kier molecular flexibility index (Phi) is 5.92. The molecule has 1 aliphatic heterocycles. The summed E-state index contributed by atoms with van der Waals surface area (Å²) >= 11 is 0. The summed E-state index contributed by atoms with van der Waals surface area (Å²) in [7, 11) is 2.00. The van der Waals surface area contributed by atoms with Gasteiger partial charge in [0.2, 0.25) is 5.95 Å². The zero-order valence-electron chi connectivity index (χ0n) is 21.6. The van der Waals surface area contributed by atoms with Crippen LogP contribution in [0.2, 0.25) is 0 Å². The smallest absolute Gasteiger partial charge is 0.227 e. The maximum Gasteiger partial charge on any atom is 0.227 e. The molecule has 2 aromatic carbocycles. The maximum absolute atomic E-state index is 4.81. The molecule has 37 heavy (non-hydrogen) atoms. The summed E-state index contributed by atoms with van der Waals surface area (Å²) in [4.78, 5) is 20.8. The lowest BCUT2D eigenvalue weighted by atomic mass is 10.0. The molecule has 1 atom stereocenters. The van der Waals surface area contributed by atoms with Gasteiger partial charge in [0.15, 0.2) is 0 Å². The van der Waals surface area contributed by atoms with E-state index >= 15 is 0 Å². The largest absolute Gasteiger partial charge is 0.351 e. The van der Waals surface area contributed by atoms with E-state index in [-0.39, 0.29) is 0 Å². The van der Waals surface area contributed by atoms with Gasteiger partial charge in [-0.25, -0.2) is 19.9 Å². The molecule has 4 heterocycles. The van der Waals surface area contributed by atoms with E-state index in [0.717, 1.165) is 64.2 Å². The molecule has 1 aliphatic rings. The molecule has 1 saturated heterocycles. The number of rotatable bonds is 5. The Morgan fingerprint density at radius 2 is 1.89 bits per heavy atom. The molecule has 2 N–H and O–H groups in total. The molecule has 5 aromatic rings. The van der Waals surface area contributed by atoms with Crippen molar-refractivity contribution in [3.8, 4) is 11.3 Å². The van der Waals surface area contributed by atoms with Gasteiger partial charge in [0.05, 0.1) is 16.7 Å². The minimum absolute atomic E-state index is 0.375. The molecular formula is C28H31N9. The number of hydrogen-bond donors (Lipinski definition) is 2. The first-order valence-electron chi connectivity index (χ1n) is 12.8. The van der Waals surface area contributed by atoms with Crippen molar-refractivity contribution >= 4 is 39.3 Å². The van der Waals surface area contributed by atoms with Crippen LogP contribution in [0.5, 0.6) is 0 Å². The zero-order chi connectivity index (χ0) is 25.5. The Bertz CT molecular complexity index is 1590. The third-order valence-electron chi connectivity index (χ3n) is 7.02. The minimum atomic E-state index is 0.375. The van der Waals surface area contributed by atoms with Crippen molar-refractivity contribution in [2.75, 3.05) is 29.9 Å². The van der Waals surface area contributed by atoms with Crippen LogP contribution in [0.25, 0.3) is 33.1 Å². The number of fused-ring (bicyclic) bond motifs is 2. The Morgan fingerprint density at radius 1 is 1.00 bits per heavy atom. The van der Waals surface area contributed by atoms with E-state index in [2.05, 4.69) is 80.6 Å². The molecule has 9 heteroatoms. The highest BCUT2D eigenvalue weighted by Crippen LogP contribution is 2.30. The van der Waals surface area contributed by atoms with Gasteiger partial charge in [0.25, 0.3) is 0 Å². The number of anilines is 3. The number of aromatic nitrogens is 6. The first-order valence-corrected chi connectivity index (χ1v) is 12.8. The fourth-order valence-electron chi connectivity index (χ4n) is 5.28. The van der Waals surface area contributed by atoms with E-state index in [0.29, 0.717) is 17.9 Å². The van der Waals surface area contributed by atoms with Crippen LogP contribution < -0.4 is 15.5 Å². The molecule has 6 rings (SSSR count). The summed E-state index contributed by atoms with van der Waals surface area (Å²) in [5.74, 6) is 1.90. The van der Waals surface area contributed by atoms with Gasteiger partial charge in [0, 0.05) is 66.6 Å². The second-order valence-corrected chi connectivity index (χ2v) is 9.96. The molecule has 0 amide bonds. The predicted octanol–water partition coefficient (Wildman–Crippen LogP) is 4.64. The Hall–Kier alpha value is -4.11. The van der Waals surface area contributed by atoms with Gasteiger partial charge in [0.1, 0.15) is 12.1 Å². The van der Waals surface area contributed by atoms with Gasteiger partial charge in [-0.3, -0.25) is 4.68 Å². The summed E-state index contributed by atoms with van der Waals surface area (Å²) in [6, 6.07) is 14.8. The lowest BCUT2D eigenvalue weighted by molar-refractivity contribution is 0.498. The first-order chi connectivity index (χ1) is 18.0. The summed E-state index contributed by atoms with van der Waals surface area (Å²) in [6.07, 6.45) is 3.43.